The monoisotopic (exact) mass is 278 g/mol. The standard InChI is InChI=1S/C17H26O3/c18-16(9-15-8-12-1-2-13(15)7-12)14-3-5-20-17(10-14)4-6-19-11-17/h12-15H,1-11H2. The van der Waals surface area contributed by atoms with Crippen LogP contribution >= 0.6 is 0 Å². The lowest BCUT2D eigenvalue weighted by atomic mass is 9.78. The number of carbonyl (C=O) groups excluding carboxylic acids is 1. The summed E-state index contributed by atoms with van der Waals surface area (Å²) >= 11 is 0. The molecule has 2 saturated carbocycles. The van der Waals surface area contributed by atoms with E-state index in [1.165, 1.54) is 25.7 Å². The molecule has 0 aromatic rings. The zero-order valence-corrected chi connectivity index (χ0v) is 12.3. The van der Waals surface area contributed by atoms with E-state index in [0.717, 1.165) is 50.7 Å². The molecule has 0 aromatic heterocycles. The van der Waals surface area contributed by atoms with Crippen LogP contribution in [-0.4, -0.2) is 31.2 Å². The Labute approximate surface area is 121 Å². The van der Waals surface area contributed by atoms with E-state index in [0.29, 0.717) is 18.3 Å². The van der Waals surface area contributed by atoms with E-state index in [4.69, 9.17) is 9.47 Å². The highest BCUT2D eigenvalue weighted by Gasteiger charge is 2.45. The number of hydrogen-bond donors (Lipinski definition) is 0. The van der Waals surface area contributed by atoms with Crippen molar-refractivity contribution in [3.05, 3.63) is 0 Å². The second kappa shape index (κ2) is 5.10. The average molecular weight is 278 g/mol. The van der Waals surface area contributed by atoms with Crippen molar-refractivity contribution >= 4 is 5.78 Å². The van der Waals surface area contributed by atoms with Gasteiger partial charge in [0.05, 0.1) is 12.2 Å². The molecule has 3 nitrogen and oxygen atoms in total. The molecule has 1 spiro atoms. The van der Waals surface area contributed by atoms with Crippen LogP contribution < -0.4 is 0 Å². The fraction of sp³-hybridized carbons (Fsp3) is 0.941. The summed E-state index contributed by atoms with van der Waals surface area (Å²) < 4.78 is 11.5. The third kappa shape index (κ3) is 2.33. The molecular formula is C17H26O3. The van der Waals surface area contributed by atoms with Gasteiger partial charge in [0.25, 0.3) is 0 Å². The van der Waals surface area contributed by atoms with Crippen molar-refractivity contribution < 1.29 is 14.3 Å². The molecule has 2 heterocycles. The van der Waals surface area contributed by atoms with E-state index in [2.05, 4.69) is 0 Å². The fourth-order valence-corrected chi connectivity index (χ4v) is 5.22. The predicted octanol–water partition coefficient (Wildman–Crippen LogP) is 2.97. The first kappa shape index (κ1) is 13.3. The van der Waals surface area contributed by atoms with Gasteiger partial charge in [-0.3, -0.25) is 4.79 Å². The molecule has 2 bridgehead atoms. The second-order valence-corrected chi connectivity index (χ2v) is 7.63. The maximum absolute atomic E-state index is 12.7. The maximum Gasteiger partial charge on any atom is 0.136 e. The van der Waals surface area contributed by atoms with Gasteiger partial charge in [0, 0.05) is 32.0 Å². The summed E-state index contributed by atoms with van der Waals surface area (Å²) in [7, 11) is 0. The minimum atomic E-state index is -0.118. The zero-order chi connectivity index (χ0) is 13.6. The lowest BCUT2D eigenvalue weighted by molar-refractivity contribution is -0.138. The molecule has 20 heavy (non-hydrogen) atoms. The molecule has 4 rings (SSSR count). The molecule has 4 fully saturated rings. The third-order valence-electron chi connectivity index (χ3n) is 6.36. The van der Waals surface area contributed by atoms with Gasteiger partial charge in [-0.1, -0.05) is 6.42 Å². The van der Waals surface area contributed by atoms with Crippen molar-refractivity contribution in [1.29, 1.82) is 0 Å². The lowest BCUT2D eigenvalue weighted by Gasteiger charge is -2.37. The van der Waals surface area contributed by atoms with E-state index in [9.17, 15) is 4.79 Å². The van der Waals surface area contributed by atoms with Crippen molar-refractivity contribution in [3.8, 4) is 0 Å². The van der Waals surface area contributed by atoms with Crippen molar-refractivity contribution in [2.24, 2.45) is 23.7 Å². The number of Topliss-reactive ketones (excluding diaryl/α,β-unsaturated/α-hetero) is 1. The fourth-order valence-electron chi connectivity index (χ4n) is 5.22. The van der Waals surface area contributed by atoms with Crippen molar-refractivity contribution in [2.75, 3.05) is 19.8 Å². The SMILES string of the molecule is O=C(CC1CC2CCC1C2)C1CCOC2(CCOC2)C1. The van der Waals surface area contributed by atoms with Crippen molar-refractivity contribution in [2.45, 2.75) is 57.0 Å². The Hall–Kier alpha value is -0.410. The normalized spacial score (nSPS) is 47.2. The van der Waals surface area contributed by atoms with Gasteiger partial charge in [0.15, 0.2) is 0 Å². The molecular weight excluding hydrogens is 252 g/mol. The topological polar surface area (TPSA) is 35.5 Å². The zero-order valence-electron chi connectivity index (χ0n) is 12.3. The minimum absolute atomic E-state index is 0.118. The first-order chi connectivity index (χ1) is 9.74. The summed E-state index contributed by atoms with van der Waals surface area (Å²) in [4.78, 5) is 12.7. The van der Waals surface area contributed by atoms with E-state index in [1.807, 2.05) is 0 Å². The quantitative estimate of drug-likeness (QED) is 0.796. The van der Waals surface area contributed by atoms with E-state index in [1.54, 1.807) is 0 Å². The highest BCUT2D eigenvalue weighted by molar-refractivity contribution is 5.81. The van der Waals surface area contributed by atoms with Crippen LogP contribution in [0.3, 0.4) is 0 Å². The summed E-state index contributed by atoms with van der Waals surface area (Å²) in [6.07, 6.45) is 9.21. The summed E-state index contributed by atoms with van der Waals surface area (Å²) in [5.41, 5.74) is -0.118. The Bertz CT molecular complexity index is 386. The third-order valence-corrected chi connectivity index (χ3v) is 6.36. The van der Waals surface area contributed by atoms with Crippen LogP contribution in [0.15, 0.2) is 0 Å². The Morgan fingerprint density at radius 3 is 2.80 bits per heavy atom. The number of hydrogen-bond acceptors (Lipinski definition) is 3. The number of rotatable bonds is 3. The van der Waals surface area contributed by atoms with Gasteiger partial charge in [-0.15, -0.1) is 0 Å². The first-order valence-corrected chi connectivity index (χ1v) is 8.48. The van der Waals surface area contributed by atoms with Gasteiger partial charge < -0.3 is 9.47 Å². The van der Waals surface area contributed by atoms with E-state index in [-0.39, 0.29) is 11.5 Å². The molecule has 0 aromatic carbocycles. The predicted molar refractivity (Wildman–Crippen MR) is 75.4 cm³/mol. The minimum Gasteiger partial charge on any atom is -0.378 e. The molecule has 112 valence electrons. The van der Waals surface area contributed by atoms with Crippen LogP contribution in [0.4, 0.5) is 0 Å². The molecule has 2 saturated heterocycles. The number of fused-ring (bicyclic) bond motifs is 2. The molecule has 2 aliphatic carbocycles. The molecule has 5 atom stereocenters. The van der Waals surface area contributed by atoms with Crippen LogP contribution in [0.1, 0.15) is 51.4 Å². The highest BCUT2D eigenvalue weighted by Crippen LogP contribution is 2.50. The number of ketones is 1. The Morgan fingerprint density at radius 2 is 2.10 bits per heavy atom. The van der Waals surface area contributed by atoms with Gasteiger partial charge in [0.2, 0.25) is 0 Å². The number of ether oxygens (including phenoxy) is 2. The molecule has 2 aliphatic heterocycles. The summed E-state index contributed by atoms with van der Waals surface area (Å²) in [5.74, 6) is 3.29. The van der Waals surface area contributed by atoms with Crippen molar-refractivity contribution in [1.82, 2.24) is 0 Å². The van der Waals surface area contributed by atoms with E-state index >= 15 is 0 Å². The average Bonchev–Trinajstić information content (AvgIpc) is 3.16. The molecule has 5 unspecified atom stereocenters. The van der Waals surface area contributed by atoms with Crippen LogP contribution in [0.2, 0.25) is 0 Å². The molecule has 0 amide bonds. The van der Waals surface area contributed by atoms with Crippen LogP contribution in [-0.2, 0) is 14.3 Å². The summed E-state index contributed by atoms with van der Waals surface area (Å²) in [6, 6.07) is 0. The lowest BCUT2D eigenvalue weighted by Crippen LogP contribution is -2.42. The van der Waals surface area contributed by atoms with Crippen LogP contribution in [0, 0.1) is 23.7 Å². The van der Waals surface area contributed by atoms with Gasteiger partial charge in [-0.05, 0) is 49.9 Å². The largest absolute Gasteiger partial charge is 0.378 e. The summed E-state index contributed by atoms with van der Waals surface area (Å²) in [5, 5.41) is 0. The Kier molecular flexibility index (Phi) is 3.38. The van der Waals surface area contributed by atoms with Crippen LogP contribution in [0.25, 0.3) is 0 Å². The maximum atomic E-state index is 12.7. The van der Waals surface area contributed by atoms with Gasteiger partial charge in [-0.2, -0.15) is 0 Å². The van der Waals surface area contributed by atoms with Crippen LogP contribution in [0.5, 0.6) is 0 Å². The van der Waals surface area contributed by atoms with Crippen molar-refractivity contribution in [3.63, 3.8) is 0 Å². The molecule has 4 aliphatic rings. The van der Waals surface area contributed by atoms with Gasteiger partial charge in [-0.25, -0.2) is 0 Å². The molecule has 3 heteroatoms. The highest BCUT2D eigenvalue weighted by atomic mass is 16.6. The van der Waals surface area contributed by atoms with Gasteiger partial charge >= 0.3 is 0 Å². The molecule has 0 radical (unpaired) electrons. The number of carbonyl (C=O) groups is 1. The van der Waals surface area contributed by atoms with E-state index < -0.39 is 0 Å². The smallest absolute Gasteiger partial charge is 0.136 e. The second-order valence-electron chi connectivity index (χ2n) is 7.63. The van der Waals surface area contributed by atoms with Gasteiger partial charge in [0.1, 0.15) is 5.78 Å². The first-order valence-electron chi connectivity index (χ1n) is 8.48. The summed E-state index contributed by atoms with van der Waals surface area (Å²) in [6.45, 7) is 2.24. The molecule has 0 N–H and O–H groups in total. The Morgan fingerprint density at radius 1 is 1.15 bits per heavy atom. The Balaban J connectivity index is 1.36.